The minimum absolute atomic E-state index is 0.0444. The Bertz CT molecular complexity index is 451. The van der Waals surface area contributed by atoms with Crippen LogP contribution in [0.1, 0.15) is 18.1 Å². The first-order chi connectivity index (χ1) is 7.58. The van der Waals surface area contributed by atoms with Gasteiger partial charge in [0.05, 0.1) is 23.2 Å². The van der Waals surface area contributed by atoms with E-state index in [-0.39, 0.29) is 5.92 Å². The summed E-state index contributed by atoms with van der Waals surface area (Å²) in [5.41, 5.74) is 2.66. The molecular formula is C13H15N3. The Balaban J connectivity index is 2.99. The van der Waals surface area contributed by atoms with E-state index in [4.69, 9.17) is 10.5 Å². The van der Waals surface area contributed by atoms with Crippen LogP contribution < -0.4 is 4.90 Å². The Morgan fingerprint density at radius 3 is 2.62 bits per heavy atom. The Kier molecular flexibility index (Phi) is 3.91. The summed E-state index contributed by atoms with van der Waals surface area (Å²) in [6.07, 6.45) is 0. The standard InChI is InChI=1S/C13H15N3/c1-10-4-5-12(8-15)13(6-10)16(3)9-11(2)7-14/h4-6,11H,9H2,1-3H3. The number of aryl methyl sites for hydroxylation is 1. The number of benzene rings is 1. The van der Waals surface area contributed by atoms with Crippen LogP contribution in [0.15, 0.2) is 18.2 Å². The average molecular weight is 213 g/mol. The van der Waals surface area contributed by atoms with E-state index in [2.05, 4.69) is 12.1 Å². The molecule has 1 aromatic carbocycles. The van der Waals surface area contributed by atoms with E-state index in [1.165, 1.54) is 0 Å². The highest BCUT2D eigenvalue weighted by atomic mass is 15.1. The zero-order chi connectivity index (χ0) is 12.1. The first-order valence-electron chi connectivity index (χ1n) is 5.20. The van der Waals surface area contributed by atoms with Crippen LogP contribution >= 0.6 is 0 Å². The molecule has 0 aliphatic rings. The first-order valence-corrected chi connectivity index (χ1v) is 5.20. The molecule has 1 aromatic rings. The topological polar surface area (TPSA) is 50.8 Å². The Morgan fingerprint density at radius 2 is 2.06 bits per heavy atom. The maximum Gasteiger partial charge on any atom is 0.101 e. The molecule has 0 amide bonds. The Labute approximate surface area is 96.5 Å². The van der Waals surface area contributed by atoms with Gasteiger partial charge in [-0.1, -0.05) is 6.07 Å². The summed E-state index contributed by atoms with van der Waals surface area (Å²) in [6.45, 7) is 4.50. The lowest BCUT2D eigenvalue weighted by Crippen LogP contribution is -2.24. The predicted octanol–water partition coefficient (Wildman–Crippen LogP) is 2.46. The number of anilines is 1. The maximum atomic E-state index is 9.01. The molecule has 0 saturated heterocycles. The van der Waals surface area contributed by atoms with E-state index in [1.54, 1.807) is 0 Å². The van der Waals surface area contributed by atoms with Crippen molar-refractivity contribution in [2.45, 2.75) is 13.8 Å². The lowest BCUT2D eigenvalue weighted by Gasteiger charge is -2.21. The van der Waals surface area contributed by atoms with Gasteiger partial charge in [-0.15, -0.1) is 0 Å². The van der Waals surface area contributed by atoms with E-state index in [0.717, 1.165) is 11.3 Å². The molecule has 0 fully saturated rings. The van der Waals surface area contributed by atoms with Crippen LogP contribution in [0.3, 0.4) is 0 Å². The molecule has 1 rings (SSSR count). The van der Waals surface area contributed by atoms with E-state index < -0.39 is 0 Å². The molecule has 1 unspecified atom stereocenters. The molecule has 0 saturated carbocycles. The van der Waals surface area contributed by atoms with Gasteiger partial charge in [0.25, 0.3) is 0 Å². The zero-order valence-electron chi connectivity index (χ0n) is 9.86. The molecule has 0 aliphatic carbocycles. The number of nitrogens with zero attached hydrogens (tertiary/aromatic N) is 3. The van der Waals surface area contributed by atoms with Crippen LogP contribution in [0.5, 0.6) is 0 Å². The molecule has 16 heavy (non-hydrogen) atoms. The molecule has 82 valence electrons. The molecule has 0 N–H and O–H groups in total. The molecule has 1 atom stereocenters. The third-order valence-electron chi connectivity index (χ3n) is 2.45. The monoisotopic (exact) mass is 213 g/mol. The summed E-state index contributed by atoms with van der Waals surface area (Å²) in [5, 5.41) is 17.8. The summed E-state index contributed by atoms with van der Waals surface area (Å²) < 4.78 is 0. The second kappa shape index (κ2) is 5.19. The van der Waals surface area contributed by atoms with E-state index in [0.29, 0.717) is 12.1 Å². The molecule has 0 aliphatic heterocycles. The van der Waals surface area contributed by atoms with Crippen LogP contribution in [-0.2, 0) is 0 Å². The van der Waals surface area contributed by atoms with Crippen molar-refractivity contribution < 1.29 is 0 Å². The first kappa shape index (κ1) is 12.1. The quantitative estimate of drug-likeness (QED) is 0.775. The third-order valence-corrected chi connectivity index (χ3v) is 2.45. The van der Waals surface area contributed by atoms with Crippen LogP contribution in [0.4, 0.5) is 5.69 Å². The summed E-state index contributed by atoms with van der Waals surface area (Å²) in [4.78, 5) is 1.96. The van der Waals surface area contributed by atoms with Crippen molar-refractivity contribution in [1.82, 2.24) is 0 Å². The minimum Gasteiger partial charge on any atom is -0.372 e. The number of rotatable bonds is 3. The molecule has 0 heterocycles. The van der Waals surface area contributed by atoms with Crippen LogP contribution in [0, 0.1) is 35.5 Å². The fourth-order valence-electron chi connectivity index (χ4n) is 1.60. The lowest BCUT2D eigenvalue weighted by atomic mass is 10.1. The fraction of sp³-hybridized carbons (Fsp3) is 0.385. The molecule has 3 nitrogen and oxygen atoms in total. The Hall–Kier alpha value is -2.00. The average Bonchev–Trinajstić information content (AvgIpc) is 2.28. The molecule has 3 heteroatoms. The van der Waals surface area contributed by atoms with Crippen LogP contribution in [0.25, 0.3) is 0 Å². The summed E-state index contributed by atoms with van der Waals surface area (Å²) in [5.74, 6) is -0.0444. The second-order valence-corrected chi connectivity index (χ2v) is 4.04. The SMILES string of the molecule is Cc1ccc(C#N)c(N(C)CC(C)C#N)c1. The van der Waals surface area contributed by atoms with Crippen molar-refractivity contribution in [1.29, 1.82) is 10.5 Å². The van der Waals surface area contributed by atoms with Crippen LogP contribution in [0.2, 0.25) is 0 Å². The highest BCUT2D eigenvalue weighted by molar-refractivity contribution is 5.60. The van der Waals surface area contributed by atoms with Gasteiger partial charge in [0, 0.05) is 13.6 Å². The predicted molar refractivity (Wildman–Crippen MR) is 63.9 cm³/mol. The molecule has 0 spiro atoms. The minimum atomic E-state index is -0.0444. The van der Waals surface area contributed by atoms with Crippen molar-refractivity contribution in [2.24, 2.45) is 5.92 Å². The zero-order valence-corrected chi connectivity index (χ0v) is 9.86. The Morgan fingerprint density at radius 1 is 1.38 bits per heavy atom. The van der Waals surface area contributed by atoms with Crippen molar-refractivity contribution >= 4 is 5.69 Å². The van der Waals surface area contributed by atoms with E-state index in [9.17, 15) is 0 Å². The van der Waals surface area contributed by atoms with Gasteiger partial charge in [-0.3, -0.25) is 0 Å². The van der Waals surface area contributed by atoms with Gasteiger partial charge in [-0.25, -0.2) is 0 Å². The summed E-state index contributed by atoms with van der Waals surface area (Å²) >= 11 is 0. The number of nitriles is 2. The van der Waals surface area contributed by atoms with Crippen molar-refractivity contribution in [2.75, 3.05) is 18.5 Å². The smallest absolute Gasteiger partial charge is 0.101 e. The molecule has 0 aromatic heterocycles. The highest BCUT2D eigenvalue weighted by Gasteiger charge is 2.10. The lowest BCUT2D eigenvalue weighted by molar-refractivity contribution is 0.716. The molecule has 0 bridgehead atoms. The van der Waals surface area contributed by atoms with Gasteiger partial charge in [-0.2, -0.15) is 10.5 Å². The third kappa shape index (κ3) is 2.74. The molecule has 0 radical (unpaired) electrons. The van der Waals surface area contributed by atoms with Gasteiger partial charge in [0.2, 0.25) is 0 Å². The largest absolute Gasteiger partial charge is 0.372 e. The van der Waals surface area contributed by atoms with Gasteiger partial charge >= 0.3 is 0 Å². The van der Waals surface area contributed by atoms with Gasteiger partial charge in [0.1, 0.15) is 6.07 Å². The number of hydrogen-bond donors (Lipinski definition) is 0. The van der Waals surface area contributed by atoms with Crippen LogP contribution in [-0.4, -0.2) is 13.6 Å². The number of hydrogen-bond acceptors (Lipinski definition) is 3. The fourth-order valence-corrected chi connectivity index (χ4v) is 1.60. The van der Waals surface area contributed by atoms with Gasteiger partial charge < -0.3 is 4.90 Å². The van der Waals surface area contributed by atoms with Gasteiger partial charge in [0.15, 0.2) is 0 Å². The summed E-state index contributed by atoms with van der Waals surface area (Å²) in [7, 11) is 1.91. The van der Waals surface area contributed by atoms with Gasteiger partial charge in [-0.05, 0) is 31.5 Å². The second-order valence-electron chi connectivity index (χ2n) is 4.04. The van der Waals surface area contributed by atoms with E-state index in [1.807, 2.05) is 44.0 Å². The highest BCUT2D eigenvalue weighted by Crippen LogP contribution is 2.21. The normalized spacial score (nSPS) is 11.3. The maximum absolute atomic E-state index is 9.01. The summed E-state index contributed by atoms with van der Waals surface area (Å²) in [6, 6.07) is 10.1. The van der Waals surface area contributed by atoms with Crippen molar-refractivity contribution in [3.8, 4) is 12.1 Å². The van der Waals surface area contributed by atoms with E-state index >= 15 is 0 Å². The van der Waals surface area contributed by atoms with Crippen molar-refractivity contribution in [3.05, 3.63) is 29.3 Å². The van der Waals surface area contributed by atoms with Crippen molar-refractivity contribution in [3.63, 3.8) is 0 Å². The molecular weight excluding hydrogens is 198 g/mol.